The highest BCUT2D eigenvalue weighted by molar-refractivity contribution is 5.67. The molecule has 4 aliphatic rings. The lowest BCUT2D eigenvalue weighted by molar-refractivity contribution is 0.140. The molecule has 1 saturated carbocycles. The summed E-state index contributed by atoms with van der Waals surface area (Å²) in [6.07, 6.45) is 24.7. The Balaban J connectivity index is 1.16. The topological polar surface area (TPSA) is 3.24 Å². The van der Waals surface area contributed by atoms with Crippen molar-refractivity contribution in [2.75, 3.05) is 19.6 Å². The van der Waals surface area contributed by atoms with E-state index >= 15 is 0 Å². The number of piperidine rings is 1. The third-order valence-electron chi connectivity index (χ3n) is 11.0. The SMILES string of the molecule is C=C=C(/C=C\C=C(/C)c1ccc2c(c1)C(C)(C)CCC2(C)C)C1CCCC(C2CCN(CCC3=C[CH]3)CC2)CC1. The Morgan fingerprint density at radius 2 is 1.65 bits per heavy atom. The van der Waals surface area contributed by atoms with E-state index in [2.05, 4.69) is 101 Å². The Labute approximate surface area is 246 Å². The van der Waals surface area contributed by atoms with Crippen LogP contribution < -0.4 is 0 Å². The molecule has 2 unspecified atom stereocenters. The first-order chi connectivity index (χ1) is 19.2. The molecule has 0 bridgehead atoms. The zero-order valence-electron chi connectivity index (χ0n) is 26.2. The summed E-state index contributed by atoms with van der Waals surface area (Å²) < 4.78 is 0. The predicted octanol–water partition coefficient (Wildman–Crippen LogP) is 10.1. The van der Waals surface area contributed by atoms with Crippen LogP contribution in [0.3, 0.4) is 0 Å². The lowest BCUT2D eigenvalue weighted by Gasteiger charge is -2.42. The summed E-state index contributed by atoms with van der Waals surface area (Å²) >= 11 is 0. The summed E-state index contributed by atoms with van der Waals surface area (Å²) in [6, 6.07) is 7.21. The molecule has 1 radical (unpaired) electrons. The van der Waals surface area contributed by atoms with Crippen molar-refractivity contribution >= 4 is 5.57 Å². The summed E-state index contributed by atoms with van der Waals surface area (Å²) in [4.78, 5) is 2.70. The van der Waals surface area contributed by atoms with Gasteiger partial charge in [0.1, 0.15) is 0 Å². The fraction of sp³-hybridized carbons (Fsp3) is 0.590. The summed E-state index contributed by atoms with van der Waals surface area (Å²) in [5, 5.41) is 0. The van der Waals surface area contributed by atoms with Crippen molar-refractivity contribution < 1.29 is 0 Å². The Kier molecular flexibility index (Phi) is 9.14. The molecule has 5 rings (SSSR count). The lowest BCUT2D eigenvalue weighted by Crippen LogP contribution is -2.36. The molecule has 0 spiro atoms. The van der Waals surface area contributed by atoms with Crippen molar-refractivity contribution in [3.8, 4) is 0 Å². The number of hydrogen-bond donors (Lipinski definition) is 0. The van der Waals surface area contributed by atoms with Gasteiger partial charge in [-0.25, -0.2) is 0 Å². The van der Waals surface area contributed by atoms with E-state index in [1.54, 1.807) is 5.57 Å². The van der Waals surface area contributed by atoms with Gasteiger partial charge in [0, 0.05) is 13.0 Å². The van der Waals surface area contributed by atoms with E-state index in [-0.39, 0.29) is 10.8 Å². The molecule has 40 heavy (non-hydrogen) atoms. The van der Waals surface area contributed by atoms with E-state index in [0.717, 1.165) is 11.8 Å². The molecule has 1 heteroatoms. The fourth-order valence-electron chi connectivity index (χ4n) is 7.84. The van der Waals surface area contributed by atoms with E-state index in [4.69, 9.17) is 0 Å². The minimum absolute atomic E-state index is 0.247. The molecule has 2 atom stereocenters. The Morgan fingerprint density at radius 1 is 0.950 bits per heavy atom. The van der Waals surface area contributed by atoms with Gasteiger partial charge in [-0.15, -0.1) is 5.73 Å². The van der Waals surface area contributed by atoms with E-state index in [1.165, 1.54) is 112 Å². The summed E-state index contributed by atoms with van der Waals surface area (Å²) in [7, 11) is 0. The molecule has 1 aromatic rings. The Morgan fingerprint density at radius 3 is 2.35 bits per heavy atom. The van der Waals surface area contributed by atoms with Crippen LogP contribution in [0.2, 0.25) is 0 Å². The predicted molar refractivity (Wildman–Crippen MR) is 173 cm³/mol. The third-order valence-corrected chi connectivity index (χ3v) is 11.0. The highest BCUT2D eigenvalue weighted by Gasteiger charge is 2.37. The molecule has 0 aromatic heterocycles. The van der Waals surface area contributed by atoms with Gasteiger partial charge in [-0.2, -0.15) is 0 Å². The van der Waals surface area contributed by atoms with Gasteiger partial charge in [0.05, 0.1) is 0 Å². The number of nitrogens with zero attached hydrogens (tertiary/aromatic N) is 1. The number of benzene rings is 1. The van der Waals surface area contributed by atoms with Crippen molar-refractivity contribution in [2.24, 2.45) is 17.8 Å². The number of rotatable bonds is 8. The summed E-state index contributed by atoms with van der Waals surface area (Å²) in [6.45, 7) is 19.9. The summed E-state index contributed by atoms with van der Waals surface area (Å²) in [5.41, 5.74) is 12.5. The molecular weight excluding hydrogens is 482 g/mol. The smallest absolute Gasteiger partial charge is 0.00807 e. The van der Waals surface area contributed by atoms with E-state index in [0.29, 0.717) is 5.92 Å². The first kappa shape index (κ1) is 29.4. The maximum Gasteiger partial charge on any atom is 0.00807 e. The van der Waals surface area contributed by atoms with Gasteiger partial charge in [0.25, 0.3) is 0 Å². The first-order valence-electron chi connectivity index (χ1n) is 16.3. The zero-order valence-corrected chi connectivity index (χ0v) is 26.2. The van der Waals surface area contributed by atoms with Crippen molar-refractivity contribution in [3.63, 3.8) is 0 Å². The van der Waals surface area contributed by atoms with Crippen molar-refractivity contribution in [3.05, 3.63) is 89.1 Å². The highest BCUT2D eigenvalue weighted by atomic mass is 15.1. The lowest BCUT2D eigenvalue weighted by atomic mass is 9.63. The monoisotopic (exact) mass is 536 g/mol. The van der Waals surface area contributed by atoms with Crippen molar-refractivity contribution in [2.45, 2.75) is 110 Å². The largest absolute Gasteiger partial charge is 0.303 e. The van der Waals surface area contributed by atoms with Crippen LogP contribution in [-0.4, -0.2) is 24.5 Å². The number of fused-ring (bicyclic) bond motifs is 1. The van der Waals surface area contributed by atoms with Crippen LogP contribution in [-0.2, 0) is 10.8 Å². The van der Waals surface area contributed by atoms with Gasteiger partial charge < -0.3 is 4.90 Å². The van der Waals surface area contributed by atoms with Crippen LogP contribution in [0.5, 0.6) is 0 Å². The van der Waals surface area contributed by atoms with Gasteiger partial charge in [0.15, 0.2) is 0 Å². The van der Waals surface area contributed by atoms with Gasteiger partial charge in [-0.3, -0.25) is 0 Å². The van der Waals surface area contributed by atoms with Crippen LogP contribution in [0.4, 0.5) is 0 Å². The van der Waals surface area contributed by atoms with Gasteiger partial charge in [-0.1, -0.05) is 95.2 Å². The molecular formula is C39H54N. The molecule has 3 aliphatic carbocycles. The van der Waals surface area contributed by atoms with E-state index < -0.39 is 0 Å². The number of hydrogen-bond acceptors (Lipinski definition) is 1. The van der Waals surface area contributed by atoms with Crippen molar-refractivity contribution in [1.29, 1.82) is 0 Å². The number of likely N-dealkylation sites (tertiary alicyclic amines) is 1. The second kappa shape index (κ2) is 12.4. The highest BCUT2D eigenvalue weighted by Crippen LogP contribution is 2.46. The Hall–Kier alpha value is -2.08. The molecule has 1 nitrogen and oxygen atoms in total. The third kappa shape index (κ3) is 7.03. The minimum atomic E-state index is 0.247. The molecule has 1 saturated heterocycles. The zero-order chi connectivity index (χ0) is 28.3. The van der Waals surface area contributed by atoms with Crippen LogP contribution in [0, 0.1) is 24.2 Å². The second-order valence-corrected chi connectivity index (χ2v) is 14.7. The molecule has 1 aliphatic heterocycles. The van der Waals surface area contributed by atoms with E-state index in [9.17, 15) is 0 Å². The normalized spacial score (nSPS) is 27.0. The van der Waals surface area contributed by atoms with Gasteiger partial charge >= 0.3 is 0 Å². The van der Waals surface area contributed by atoms with Crippen molar-refractivity contribution in [1.82, 2.24) is 4.90 Å². The van der Waals surface area contributed by atoms with Gasteiger partial charge in [0.2, 0.25) is 0 Å². The van der Waals surface area contributed by atoms with Crippen LogP contribution in [0.25, 0.3) is 5.57 Å². The molecule has 1 heterocycles. The minimum Gasteiger partial charge on any atom is -0.303 e. The summed E-state index contributed by atoms with van der Waals surface area (Å²) in [5.74, 6) is 2.47. The molecule has 0 N–H and O–H groups in total. The maximum atomic E-state index is 4.11. The maximum absolute atomic E-state index is 4.11. The standard InChI is InChI=1S/C39H54N/c1-7-31(11-8-10-29(2)35-18-19-36-37(28-35)39(5,6)24-23-38(36,3)4)32-12-9-13-33(17-16-32)34-21-26-40(27-22-34)25-20-30-14-15-30/h8,10-11,14-15,18-19,28,32-34H,1,9,12-13,16-17,20-27H2,2-6H3/b11-8-,29-10+. The average molecular weight is 537 g/mol. The Bertz CT molecular complexity index is 1190. The molecule has 215 valence electrons. The van der Waals surface area contributed by atoms with Gasteiger partial charge in [-0.05, 0) is 128 Å². The first-order valence-corrected chi connectivity index (χ1v) is 16.3. The second-order valence-electron chi connectivity index (χ2n) is 14.7. The van der Waals surface area contributed by atoms with Crippen LogP contribution >= 0.6 is 0 Å². The van der Waals surface area contributed by atoms with Crippen LogP contribution in [0.1, 0.15) is 116 Å². The molecule has 1 aromatic carbocycles. The molecule has 2 fully saturated rings. The van der Waals surface area contributed by atoms with Crippen LogP contribution in [0.15, 0.2) is 66.0 Å². The van der Waals surface area contributed by atoms with E-state index in [1.807, 2.05) is 0 Å². The average Bonchev–Trinajstić information content (AvgIpc) is 3.80. The number of allylic oxidation sites excluding steroid dienone is 6. The fourth-order valence-corrected chi connectivity index (χ4v) is 7.84. The molecule has 0 amide bonds. The quantitative estimate of drug-likeness (QED) is 0.181.